The number of unbranched alkanes of at least 4 members (excludes halogenated alkanes) is 1. The van der Waals surface area contributed by atoms with Gasteiger partial charge in [-0.1, -0.05) is 13.3 Å². The summed E-state index contributed by atoms with van der Waals surface area (Å²) in [6.07, 6.45) is 6.76. The first-order valence-corrected chi connectivity index (χ1v) is 7.29. The Bertz CT molecular complexity index is 313. The van der Waals surface area contributed by atoms with Crippen molar-refractivity contribution in [2.24, 2.45) is 5.92 Å². The van der Waals surface area contributed by atoms with Gasteiger partial charge in [0.2, 0.25) is 11.8 Å². The summed E-state index contributed by atoms with van der Waals surface area (Å²) in [6.45, 7) is 3.55. The minimum Gasteiger partial charge on any atom is -0.353 e. The number of nitrogens with one attached hydrogen (secondary N) is 1. The molecule has 0 spiro atoms. The molecule has 0 bridgehead atoms. The number of rotatable bonds is 5. The van der Waals surface area contributed by atoms with E-state index in [1.54, 1.807) is 0 Å². The van der Waals surface area contributed by atoms with Crippen LogP contribution in [-0.2, 0) is 9.59 Å². The lowest BCUT2D eigenvalue weighted by atomic mass is 9.96. The fourth-order valence-corrected chi connectivity index (χ4v) is 2.45. The van der Waals surface area contributed by atoms with Gasteiger partial charge in [0.25, 0.3) is 0 Å². The molecule has 0 aromatic rings. The Morgan fingerprint density at radius 2 is 2.06 bits per heavy atom. The van der Waals surface area contributed by atoms with Crippen LogP contribution in [0.5, 0.6) is 0 Å². The Morgan fingerprint density at radius 3 is 2.72 bits per heavy atom. The number of nitrogens with zero attached hydrogens (tertiary/aromatic N) is 1. The SMILES string of the molecule is CCCCC(=O)N1CCCC(C(=O)NC2CC2)C1. The van der Waals surface area contributed by atoms with Gasteiger partial charge in [0.1, 0.15) is 0 Å². The molecule has 2 fully saturated rings. The maximum Gasteiger partial charge on any atom is 0.225 e. The van der Waals surface area contributed by atoms with E-state index < -0.39 is 0 Å². The Balaban J connectivity index is 1.79. The molecule has 2 rings (SSSR count). The Kier molecular flexibility index (Phi) is 4.61. The Morgan fingerprint density at radius 1 is 1.28 bits per heavy atom. The van der Waals surface area contributed by atoms with E-state index in [1.807, 2.05) is 4.90 Å². The van der Waals surface area contributed by atoms with Gasteiger partial charge in [-0.2, -0.15) is 0 Å². The first-order valence-electron chi connectivity index (χ1n) is 7.29. The normalized spacial score (nSPS) is 23.8. The lowest BCUT2D eigenvalue weighted by Crippen LogP contribution is -2.45. The lowest BCUT2D eigenvalue weighted by molar-refractivity contribution is -0.135. The maximum absolute atomic E-state index is 12.0. The highest BCUT2D eigenvalue weighted by molar-refractivity contribution is 5.81. The summed E-state index contributed by atoms with van der Waals surface area (Å²) in [5.41, 5.74) is 0. The zero-order chi connectivity index (χ0) is 13.0. The monoisotopic (exact) mass is 252 g/mol. The minimum absolute atomic E-state index is 0.0185. The number of likely N-dealkylation sites (tertiary alicyclic amines) is 1. The molecule has 1 saturated heterocycles. The third-order valence-corrected chi connectivity index (χ3v) is 3.81. The highest BCUT2D eigenvalue weighted by Gasteiger charge is 2.31. The predicted molar refractivity (Wildman–Crippen MR) is 70.0 cm³/mol. The first kappa shape index (κ1) is 13.4. The molecule has 0 aromatic heterocycles. The molecule has 4 heteroatoms. The number of piperidine rings is 1. The quantitative estimate of drug-likeness (QED) is 0.809. The van der Waals surface area contributed by atoms with Gasteiger partial charge in [-0.25, -0.2) is 0 Å². The maximum atomic E-state index is 12.0. The highest BCUT2D eigenvalue weighted by atomic mass is 16.2. The van der Waals surface area contributed by atoms with Crippen molar-refractivity contribution < 1.29 is 9.59 Å². The second-order valence-electron chi connectivity index (χ2n) is 5.57. The van der Waals surface area contributed by atoms with Crippen molar-refractivity contribution in [2.75, 3.05) is 13.1 Å². The third kappa shape index (κ3) is 3.72. The van der Waals surface area contributed by atoms with E-state index in [4.69, 9.17) is 0 Å². The fraction of sp³-hybridized carbons (Fsp3) is 0.857. The molecule has 1 atom stereocenters. The van der Waals surface area contributed by atoms with Gasteiger partial charge in [0.05, 0.1) is 5.92 Å². The van der Waals surface area contributed by atoms with Crippen molar-refractivity contribution >= 4 is 11.8 Å². The van der Waals surface area contributed by atoms with E-state index in [9.17, 15) is 9.59 Å². The summed E-state index contributed by atoms with van der Waals surface area (Å²) in [7, 11) is 0. The van der Waals surface area contributed by atoms with Gasteiger partial charge in [0, 0.05) is 25.6 Å². The van der Waals surface area contributed by atoms with Crippen molar-refractivity contribution in [3.63, 3.8) is 0 Å². The van der Waals surface area contributed by atoms with Crippen LogP contribution in [0.1, 0.15) is 51.9 Å². The summed E-state index contributed by atoms with van der Waals surface area (Å²) < 4.78 is 0. The lowest BCUT2D eigenvalue weighted by Gasteiger charge is -2.32. The molecule has 1 saturated carbocycles. The van der Waals surface area contributed by atoms with Gasteiger partial charge in [-0.15, -0.1) is 0 Å². The molecule has 102 valence electrons. The van der Waals surface area contributed by atoms with Crippen LogP contribution in [0.2, 0.25) is 0 Å². The molecule has 4 nitrogen and oxygen atoms in total. The Labute approximate surface area is 109 Å². The molecule has 1 heterocycles. The highest BCUT2D eigenvalue weighted by Crippen LogP contribution is 2.22. The van der Waals surface area contributed by atoms with Crippen molar-refractivity contribution in [3.05, 3.63) is 0 Å². The minimum atomic E-state index is 0.0185. The molecular formula is C14H24N2O2. The zero-order valence-corrected chi connectivity index (χ0v) is 11.3. The van der Waals surface area contributed by atoms with Crippen molar-refractivity contribution in [2.45, 2.75) is 57.9 Å². The molecule has 2 amide bonds. The van der Waals surface area contributed by atoms with E-state index in [0.717, 1.165) is 45.1 Å². The van der Waals surface area contributed by atoms with Crippen LogP contribution in [0.25, 0.3) is 0 Å². The fourth-order valence-electron chi connectivity index (χ4n) is 2.45. The van der Waals surface area contributed by atoms with E-state index in [1.165, 1.54) is 0 Å². The molecule has 18 heavy (non-hydrogen) atoms. The summed E-state index contributed by atoms with van der Waals surface area (Å²) in [6, 6.07) is 0.420. The molecule has 1 unspecified atom stereocenters. The van der Waals surface area contributed by atoms with Gasteiger partial charge in [-0.3, -0.25) is 9.59 Å². The van der Waals surface area contributed by atoms with Crippen molar-refractivity contribution in [1.82, 2.24) is 10.2 Å². The van der Waals surface area contributed by atoms with E-state index in [-0.39, 0.29) is 17.7 Å². The van der Waals surface area contributed by atoms with E-state index in [2.05, 4.69) is 12.2 Å². The molecular weight excluding hydrogens is 228 g/mol. The number of carbonyl (C=O) groups excluding carboxylic acids is 2. The van der Waals surface area contributed by atoms with Crippen LogP contribution < -0.4 is 5.32 Å². The average Bonchev–Trinajstić information content (AvgIpc) is 3.20. The van der Waals surface area contributed by atoms with Gasteiger partial charge in [-0.05, 0) is 32.1 Å². The molecule has 0 radical (unpaired) electrons. The molecule has 1 aliphatic heterocycles. The second kappa shape index (κ2) is 6.21. The van der Waals surface area contributed by atoms with Gasteiger partial charge in [0.15, 0.2) is 0 Å². The van der Waals surface area contributed by atoms with Crippen LogP contribution in [0.4, 0.5) is 0 Å². The molecule has 1 N–H and O–H groups in total. The van der Waals surface area contributed by atoms with Crippen molar-refractivity contribution in [3.8, 4) is 0 Å². The zero-order valence-electron chi connectivity index (χ0n) is 11.3. The largest absolute Gasteiger partial charge is 0.353 e. The van der Waals surface area contributed by atoms with E-state index in [0.29, 0.717) is 19.0 Å². The van der Waals surface area contributed by atoms with Crippen LogP contribution in [-0.4, -0.2) is 35.8 Å². The number of amides is 2. The average molecular weight is 252 g/mol. The van der Waals surface area contributed by atoms with Gasteiger partial charge >= 0.3 is 0 Å². The first-order chi connectivity index (χ1) is 8.70. The summed E-state index contributed by atoms with van der Waals surface area (Å²) in [4.78, 5) is 25.8. The summed E-state index contributed by atoms with van der Waals surface area (Å²) in [5, 5.41) is 3.05. The van der Waals surface area contributed by atoms with Crippen molar-refractivity contribution in [1.29, 1.82) is 0 Å². The van der Waals surface area contributed by atoms with Crippen LogP contribution >= 0.6 is 0 Å². The number of hydrogen-bond donors (Lipinski definition) is 1. The number of hydrogen-bond acceptors (Lipinski definition) is 2. The standard InChI is InChI=1S/C14H24N2O2/c1-2-3-6-13(17)16-9-4-5-11(10-16)14(18)15-12-7-8-12/h11-12H,2-10H2,1H3,(H,15,18). The molecule has 0 aromatic carbocycles. The summed E-state index contributed by atoms with van der Waals surface area (Å²) in [5.74, 6) is 0.399. The number of carbonyl (C=O) groups is 2. The van der Waals surface area contributed by atoms with Crippen LogP contribution in [0.15, 0.2) is 0 Å². The van der Waals surface area contributed by atoms with Crippen LogP contribution in [0.3, 0.4) is 0 Å². The second-order valence-corrected chi connectivity index (χ2v) is 5.57. The molecule has 1 aliphatic carbocycles. The smallest absolute Gasteiger partial charge is 0.225 e. The third-order valence-electron chi connectivity index (χ3n) is 3.81. The predicted octanol–water partition coefficient (Wildman–Crippen LogP) is 1.69. The Hall–Kier alpha value is -1.06. The van der Waals surface area contributed by atoms with E-state index >= 15 is 0 Å². The molecule has 2 aliphatic rings. The van der Waals surface area contributed by atoms with Crippen LogP contribution in [0, 0.1) is 5.92 Å². The topological polar surface area (TPSA) is 49.4 Å². The summed E-state index contributed by atoms with van der Waals surface area (Å²) >= 11 is 0. The van der Waals surface area contributed by atoms with Gasteiger partial charge < -0.3 is 10.2 Å².